The molecule has 1 N–H and O–H groups in total. The summed E-state index contributed by atoms with van der Waals surface area (Å²) in [6, 6.07) is 4.45. The van der Waals surface area contributed by atoms with E-state index in [4.69, 9.17) is 16.7 Å². The molecule has 0 aliphatic heterocycles. The number of carbonyl (C=O) groups is 1. The van der Waals surface area contributed by atoms with Crippen molar-refractivity contribution in [3.8, 4) is 0 Å². The third kappa shape index (κ3) is 3.49. The Balaban J connectivity index is 2.18. The molecule has 0 atom stereocenters. The van der Waals surface area contributed by atoms with E-state index in [-0.39, 0.29) is 12.2 Å². The highest BCUT2D eigenvalue weighted by Gasteiger charge is 2.14. The van der Waals surface area contributed by atoms with Gasteiger partial charge in [-0.25, -0.2) is 14.1 Å². The lowest BCUT2D eigenvalue weighted by atomic mass is 10.1. The number of rotatable bonds is 5. The van der Waals surface area contributed by atoms with E-state index in [1.54, 1.807) is 13.1 Å². The second-order valence-electron chi connectivity index (χ2n) is 3.99. The Kier molecular flexibility index (Phi) is 4.61. The lowest BCUT2D eigenvalue weighted by Crippen LogP contribution is -2.00. The number of aliphatic carboxylic acids is 1. The highest BCUT2D eigenvalue weighted by atomic mass is 35.5. The van der Waals surface area contributed by atoms with Crippen molar-refractivity contribution in [1.29, 1.82) is 0 Å². The Morgan fingerprint density at radius 2 is 2.30 bits per heavy atom. The van der Waals surface area contributed by atoms with E-state index >= 15 is 0 Å². The fourth-order valence-corrected chi connectivity index (χ4v) is 2.49. The molecule has 0 aliphatic rings. The van der Waals surface area contributed by atoms with Crippen molar-refractivity contribution in [1.82, 2.24) is 14.8 Å². The Hall–Kier alpha value is -1.60. The third-order valence-corrected chi connectivity index (χ3v) is 3.85. The van der Waals surface area contributed by atoms with E-state index < -0.39 is 11.8 Å². The van der Waals surface area contributed by atoms with Crippen molar-refractivity contribution >= 4 is 29.3 Å². The standard InChI is InChI=1S/C12H11ClFN3O2S/c1-17-12(20-6-11(18)19)15-10(16-17)5-7-8(13)3-2-4-9(7)14/h2-4H,5-6H2,1H3,(H,18,19). The molecule has 0 aliphatic carbocycles. The van der Waals surface area contributed by atoms with Crippen LogP contribution < -0.4 is 0 Å². The minimum atomic E-state index is -0.934. The molecular formula is C12H11ClFN3O2S. The molecule has 1 aromatic carbocycles. The molecule has 0 spiro atoms. The first-order valence-electron chi connectivity index (χ1n) is 5.64. The number of aryl methyl sites for hydroxylation is 1. The predicted molar refractivity (Wildman–Crippen MR) is 73.6 cm³/mol. The van der Waals surface area contributed by atoms with E-state index in [1.165, 1.54) is 16.8 Å². The van der Waals surface area contributed by atoms with Gasteiger partial charge in [-0.05, 0) is 12.1 Å². The van der Waals surface area contributed by atoms with E-state index in [0.717, 1.165) is 11.8 Å². The number of thioether (sulfide) groups is 1. The zero-order valence-electron chi connectivity index (χ0n) is 10.5. The maximum absolute atomic E-state index is 13.7. The number of hydrogen-bond donors (Lipinski definition) is 1. The van der Waals surface area contributed by atoms with E-state index in [0.29, 0.717) is 21.6 Å². The van der Waals surface area contributed by atoms with Gasteiger partial charge in [0.1, 0.15) is 5.82 Å². The van der Waals surface area contributed by atoms with Gasteiger partial charge in [-0.3, -0.25) is 4.79 Å². The van der Waals surface area contributed by atoms with E-state index in [2.05, 4.69) is 10.1 Å². The molecule has 106 valence electrons. The summed E-state index contributed by atoms with van der Waals surface area (Å²) in [4.78, 5) is 14.7. The summed E-state index contributed by atoms with van der Waals surface area (Å²) in [5, 5.41) is 13.6. The predicted octanol–water partition coefficient (Wildman–Crippen LogP) is 2.38. The Bertz CT molecular complexity index is 627. The lowest BCUT2D eigenvalue weighted by Gasteiger charge is -2.02. The monoisotopic (exact) mass is 315 g/mol. The number of nitrogens with zero attached hydrogens (tertiary/aromatic N) is 3. The highest BCUT2D eigenvalue weighted by molar-refractivity contribution is 7.99. The van der Waals surface area contributed by atoms with E-state index in [1.807, 2.05) is 0 Å². The van der Waals surface area contributed by atoms with Crippen LogP contribution in [0.15, 0.2) is 23.4 Å². The molecule has 0 saturated heterocycles. The Morgan fingerprint density at radius 1 is 1.55 bits per heavy atom. The Morgan fingerprint density at radius 3 is 2.95 bits per heavy atom. The van der Waals surface area contributed by atoms with E-state index in [9.17, 15) is 9.18 Å². The summed E-state index contributed by atoms with van der Waals surface area (Å²) in [5.74, 6) is -1.05. The average Bonchev–Trinajstić information content (AvgIpc) is 2.72. The van der Waals surface area contributed by atoms with Crippen molar-refractivity contribution < 1.29 is 14.3 Å². The largest absolute Gasteiger partial charge is 0.481 e. The Labute approximate surface area is 123 Å². The maximum Gasteiger partial charge on any atom is 0.313 e. The second kappa shape index (κ2) is 6.23. The molecule has 1 aromatic heterocycles. The first-order valence-corrected chi connectivity index (χ1v) is 7.01. The number of aromatic nitrogens is 3. The fraction of sp³-hybridized carbons (Fsp3) is 0.250. The molecule has 2 aromatic rings. The van der Waals surface area contributed by atoms with Crippen molar-refractivity contribution in [2.45, 2.75) is 11.6 Å². The topological polar surface area (TPSA) is 68.0 Å². The number of carboxylic acids is 1. The summed E-state index contributed by atoms with van der Waals surface area (Å²) in [7, 11) is 1.66. The minimum absolute atomic E-state index is 0.105. The molecule has 0 saturated carbocycles. The third-order valence-electron chi connectivity index (χ3n) is 2.49. The van der Waals surface area contributed by atoms with Crippen LogP contribution in [0.25, 0.3) is 0 Å². The average molecular weight is 316 g/mol. The number of benzene rings is 1. The zero-order chi connectivity index (χ0) is 14.7. The van der Waals surface area contributed by atoms with Gasteiger partial charge in [0.2, 0.25) is 0 Å². The fourth-order valence-electron chi connectivity index (χ4n) is 1.61. The number of hydrogen-bond acceptors (Lipinski definition) is 4. The molecular weight excluding hydrogens is 305 g/mol. The first kappa shape index (κ1) is 14.8. The molecule has 0 fully saturated rings. The van der Waals surface area contributed by atoms with Crippen LogP contribution in [0.1, 0.15) is 11.4 Å². The van der Waals surface area contributed by atoms with Crippen LogP contribution in [0.2, 0.25) is 5.02 Å². The van der Waals surface area contributed by atoms with Crippen LogP contribution >= 0.6 is 23.4 Å². The van der Waals surface area contributed by atoms with Gasteiger partial charge in [0, 0.05) is 24.1 Å². The van der Waals surface area contributed by atoms with Crippen molar-refractivity contribution in [2.75, 3.05) is 5.75 Å². The van der Waals surface area contributed by atoms with Crippen molar-refractivity contribution in [2.24, 2.45) is 7.05 Å². The summed E-state index contributed by atoms with van der Waals surface area (Å²) in [5.41, 5.74) is 0.328. The quantitative estimate of drug-likeness (QED) is 0.858. The van der Waals surface area contributed by atoms with Gasteiger partial charge >= 0.3 is 5.97 Å². The van der Waals surface area contributed by atoms with Crippen molar-refractivity contribution in [3.63, 3.8) is 0 Å². The van der Waals surface area contributed by atoms with Gasteiger partial charge in [0.15, 0.2) is 11.0 Å². The van der Waals surface area contributed by atoms with Gasteiger partial charge < -0.3 is 5.11 Å². The molecule has 5 nitrogen and oxygen atoms in total. The molecule has 2 rings (SSSR count). The summed E-state index contributed by atoms with van der Waals surface area (Å²) >= 11 is 7.00. The molecule has 0 unspecified atom stereocenters. The van der Waals surface area contributed by atoms with Gasteiger partial charge in [-0.2, -0.15) is 5.10 Å². The van der Waals surface area contributed by atoms with Crippen LogP contribution in [0.3, 0.4) is 0 Å². The number of carboxylic acid groups (broad SMARTS) is 1. The maximum atomic E-state index is 13.7. The summed E-state index contributed by atoms with van der Waals surface area (Å²) in [6.07, 6.45) is 0.160. The smallest absolute Gasteiger partial charge is 0.313 e. The van der Waals surface area contributed by atoms with Crippen LogP contribution in [-0.2, 0) is 18.3 Å². The van der Waals surface area contributed by atoms with Gasteiger partial charge in [-0.1, -0.05) is 29.4 Å². The summed E-state index contributed by atoms with van der Waals surface area (Å²) < 4.78 is 15.1. The highest BCUT2D eigenvalue weighted by Crippen LogP contribution is 2.22. The lowest BCUT2D eigenvalue weighted by molar-refractivity contribution is -0.133. The normalized spacial score (nSPS) is 10.8. The minimum Gasteiger partial charge on any atom is -0.481 e. The second-order valence-corrected chi connectivity index (χ2v) is 5.34. The van der Waals surface area contributed by atoms with Crippen LogP contribution in [0.4, 0.5) is 4.39 Å². The van der Waals surface area contributed by atoms with Gasteiger partial charge in [0.25, 0.3) is 0 Å². The first-order chi connectivity index (χ1) is 9.47. The van der Waals surface area contributed by atoms with Gasteiger partial charge in [-0.15, -0.1) is 0 Å². The number of halogens is 2. The molecule has 0 radical (unpaired) electrons. The van der Waals surface area contributed by atoms with Gasteiger partial charge in [0.05, 0.1) is 5.75 Å². The van der Waals surface area contributed by atoms with Crippen molar-refractivity contribution in [3.05, 3.63) is 40.4 Å². The SMILES string of the molecule is Cn1nc(Cc2c(F)cccc2Cl)nc1SCC(=O)O. The molecule has 8 heteroatoms. The van der Waals surface area contributed by atoms with Crippen LogP contribution in [0.5, 0.6) is 0 Å². The zero-order valence-corrected chi connectivity index (χ0v) is 12.1. The molecule has 0 amide bonds. The van der Waals surface area contributed by atoms with Crippen LogP contribution in [-0.4, -0.2) is 31.6 Å². The molecule has 1 heterocycles. The molecule has 0 bridgehead atoms. The molecule has 20 heavy (non-hydrogen) atoms. The summed E-state index contributed by atoms with van der Waals surface area (Å²) in [6.45, 7) is 0. The van der Waals surface area contributed by atoms with Crippen LogP contribution in [0, 0.1) is 5.82 Å².